The molecule has 0 radical (unpaired) electrons. The fourth-order valence-corrected chi connectivity index (χ4v) is 4.11. The first-order valence-corrected chi connectivity index (χ1v) is 9.35. The first-order chi connectivity index (χ1) is 11.2. The van der Waals surface area contributed by atoms with Crippen molar-refractivity contribution >= 4 is 17.2 Å². The van der Waals surface area contributed by atoms with E-state index >= 15 is 0 Å². The molecule has 4 heteroatoms. The molecule has 1 saturated carbocycles. The summed E-state index contributed by atoms with van der Waals surface area (Å²) in [5, 5.41) is 7.50. The molecule has 1 aromatic heterocycles. The second-order valence-electron chi connectivity index (χ2n) is 6.37. The Bertz CT molecular complexity index is 606. The number of amides is 1. The number of hydrogen-bond acceptors (Lipinski definition) is 2. The zero-order chi connectivity index (χ0) is 16.1. The number of thiophene rings is 1. The average molecular weight is 329 g/mol. The zero-order valence-electron chi connectivity index (χ0n) is 13.6. The van der Waals surface area contributed by atoms with Gasteiger partial charge in [0.1, 0.15) is 6.04 Å². The van der Waals surface area contributed by atoms with Crippen LogP contribution in [0.2, 0.25) is 0 Å². The van der Waals surface area contributed by atoms with E-state index in [-0.39, 0.29) is 18.0 Å². The van der Waals surface area contributed by atoms with Crippen molar-refractivity contribution in [3.63, 3.8) is 0 Å². The standard InChI is InChI=1S/C19H24N2OS/c1-14(19(22)21-16-10-5-6-11-16)20-18(17-12-7-13-23-17)15-8-3-2-4-9-15/h2-4,7-9,12-14,16,18,20H,5-6,10-11H2,1H3,(H,21,22)/p+1/t14-,18+/m0/s1. The molecule has 23 heavy (non-hydrogen) atoms. The maximum Gasteiger partial charge on any atom is 0.278 e. The highest BCUT2D eigenvalue weighted by atomic mass is 32.1. The maximum atomic E-state index is 12.5. The summed E-state index contributed by atoms with van der Waals surface area (Å²) >= 11 is 1.75. The summed E-state index contributed by atoms with van der Waals surface area (Å²) in [6.45, 7) is 2.01. The summed E-state index contributed by atoms with van der Waals surface area (Å²) in [4.78, 5) is 13.8. The molecular formula is C19H25N2OS+. The molecule has 0 spiro atoms. The predicted molar refractivity (Wildman–Crippen MR) is 94.4 cm³/mol. The van der Waals surface area contributed by atoms with Gasteiger partial charge in [-0.25, -0.2) is 0 Å². The average Bonchev–Trinajstić information content (AvgIpc) is 3.26. The van der Waals surface area contributed by atoms with E-state index in [1.165, 1.54) is 23.3 Å². The van der Waals surface area contributed by atoms with Crippen LogP contribution in [0, 0.1) is 0 Å². The number of benzene rings is 1. The maximum absolute atomic E-state index is 12.5. The second-order valence-corrected chi connectivity index (χ2v) is 7.35. The monoisotopic (exact) mass is 329 g/mol. The summed E-state index contributed by atoms with van der Waals surface area (Å²) in [6, 6.07) is 15.1. The Morgan fingerprint density at radius 1 is 1.17 bits per heavy atom. The SMILES string of the molecule is C[C@H]([NH2+][C@H](c1ccccc1)c1cccs1)C(=O)NC1CCCC1. The Morgan fingerprint density at radius 2 is 1.91 bits per heavy atom. The molecule has 0 aliphatic heterocycles. The molecule has 1 aromatic carbocycles. The summed E-state index contributed by atoms with van der Waals surface area (Å²) in [7, 11) is 0. The van der Waals surface area contributed by atoms with E-state index in [9.17, 15) is 4.79 Å². The molecule has 1 fully saturated rings. The minimum Gasteiger partial charge on any atom is -0.348 e. The molecule has 2 atom stereocenters. The van der Waals surface area contributed by atoms with Crippen molar-refractivity contribution in [3.8, 4) is 0 Å². The van der Waals surface area contributed by atoms with Gasteiger partial charge in [-0.2, -0.15) is 0 Å². The number of carbonyl (C=O) groups excluding carboxylic acids is 1. The minimum absolute atomic E-state index is 0.0945. The van der Waals surface area contributed by atoms with Gasteiger partial charge in [0, 0.05) is 11.6 Å². The van der Waals surface area contributed by atoms with Gasteiger partial charge in [-0.1, -0.05) is 49.2 Å². The highest BCUT2D eigenvalue weighted by molar-refractivity contribution is 7.10. The van der Waals surface area contributed by atoms with Crippen molar-refractivity contribution in [2.45, 2.75) is 50.7 Å². The molecule has 3 N–H and O–H groups in total. The quantitative estimate of drug-likeness (QED) is 0.841. The van der Waals surface area contributed by atoms with Crippen molar-refractivity contribution < 1.29 is 10.1 Å². The van der Waals surface area contributed by atoms with Gasteiger partial charge < -0.3 is 10.6 Å². The summed E-state index contributed by atoms with van der Waals surface area (Å²) < 4.78 is 0. The topological polar surface area (TPSA) is 45.7 Å². The van der Waals surface area contributed by atoms with Gasteiger partial charge in [-0.3, -0.25) is 4.79 Å². The lowest BCUT2D eigenvalue weighted by atomic mass is 10.0. The van der Waals surface area contributed by atoms with Crippen molar-refractivity contribution in [1.82, 2.24) is 5.32 Å². The van der Waals surface area contributed by atoms with Gasteiger partial charge in [0.05, 0.1) is 4.88 Å². The molecular weight excluding hydrogens is 304 g/mol. The Balaban J connectivity index is 1.69. The molecule has 0 bridgehead atoms. The molecule has 0 saturated heterocycles. The van der Waals surface area contributed by atoms with Gasteiger partial charge in [0.2, 0.25) is 0 Å². The number of quaternary nitrogens is 1. The van der Waals surface area contributed by atoms with E-state index in [2.05, 4.69) is 52.4 Å². The molecule has 122 valence electrons. The number of nitrogens with two attached hydrogens (primary N) is 1. The molecule has 3 nitrogen and oxygen atoms in total. The van der Waals surface area contributed by atoms with Crippen LogP contribution in [0.1, 0.15) is 49.1 Å². The lowest BCUT2D eigenvalue weighted by molar-refractivity contribution is -0.704. The predicted octanol–water partition coefficient (Wildman–Crippen LogP) is 2.85. The van der Waals surface area contributed by atoms with Crippen LogP contribution in [0.3, 0.4) is 0 Å². The number of rotatable bonds is 6. The number of nitrogens with one attached hydrogen (secondary N) is 1. The fraction of sp³-hybridized carbons (Fsp3) is 0.421. The van der Waals surface area contributed by atoms with Gasteiger partial charge in [-0.15, -0.1) is 11.3 Å². The summed E-state index contributed by atoms with van der Waals surface area (Å²) in [5.41, 5.74) is 1.25. The lowest BCUT2D eigenvalue weighted by Gasteiger charge is -2.21. The third-order valence-corrected chi connectivity index (χ3v) is 5.56. The van der Waals surface area contributed by atoms with Crippen LogP contribution in [0.15, 0.2) is 47.8 Å². The summed E-state index contributed by atoms with van der Waals surface area (Å²) in [6.07, 6.45) is 4.74. The third-order valence-electron chi connectivity index (χ3n) is 4.60. The second kappa shape index (κ2) is 7.75. The van der Waals surface area contributed by atoms with Gasteiger partial charge in [-0.05, 0) is 31.2 Å². The fourth-order valence-electron chi connectivity index (χ4n) is 3.28. The van der Waals surface area contributed by atoms with E-state index in [0.717, 1.165) is 12.8 Å². The normalized spacial score (nSPS) is 17.8. The highest BCUT2D eigenvalue weighted by Crippen LogP contribution is 2.23. The van der Waals surface area contributed by atoms with E-state index in [4.69, 9.17) is 0 Å². The van der Waals surface area contributed by atoms with Gasteiger partial charge >= 0.3 is 0 Å². The highest BCUT2D eigenvalue weighted by Gasteiger charge is 2.27. The first kappa shape index (κ1) is 16.2. The third kappa shape index (κ3) is 4.21. The molecule has 3 rings (SSSR count). The van der Waals surface area contributed by atoms with Crippen molar-refractivity contribution in [2.75, 3.05) is 0 Å². The van der Waals surface area contributed by atoms with E-state index in [0.29, 0.717) is 6.04 Å². The largest absolute Gasteiger partial charge is 0.348 e. The van der Waals surface area contributed by atoms with E-state index < -0.39 is 0 Å². The van der Waals surface area contributed by atoms with Crippen LogP contribution >= 0.6 is 11.3 Å². The van der Waals surface area contributed by atoms with Crippen molar-refractivity contribution in [3.05, 3.63) is 58.3 Å². The van der Waals surface area contributed by atoms with Crippen LogP contribution in [-0.4, -0.2) is 18.0 Å². The molecule has 1 amide bonds. The van der Waals surface area contributed by atoms with Gasteiger partial charge in [0.15, 0.2) is 6.04 Å². The smallest absolute Gasteiger partial charge is 0.278 e. The number of hydrogen-bond donors (Lipinski definition) is 2. The first-order valence-electron chi connectivity index (χ1n) is 8.48. The van der Waals surface area contributed by atoms with E-state index in [1.807, 2.05) is 13.0 Å². The van der Waals surface area contributed by atoms with Crippen molar-refractivity contribution in [2.24, 2.45) is 0 Å². The molecule has 0 unspecified atom stereocenters. The van der Waals surface area contributed by atoms with Crippen LogP contribution in [0.25, 0.3) is 0 Å². The summed E-state index contributed by atoms with van der Waals surface area (Å²) in [5.74, 6) is 0.161. The molecule has 1 aliphatic rings. The molecule has 1 heterocycles. The molecule has 2 aromatic rings. The van der Waals surface area contributed by atoms with Crippen LogP contribution in [-0.2, 0) is 4.79 Å². The van der Waals surface area contributed by atoms with Gasteiger partial charge in [0.25, 0.3) is 5.91 Å². The van der Waals surface area contributed by atoms with Crippen LogP contribution < -0.4 is 10.6 Å². The van der Waals surface area contributed by atoms with E-state index in [1.54, 1.807) is 11.3 Å². The Morgan fingerprint density at radius 3 is 2.57 bits per heavy atom. The molecule has 1 aliphatic carbocycles. The Labute approximate surface area is 142 Å². The lowest BCUT2D eigenvalue weighted by Crippen LogP contribution is -2.92. The van der Waals surface area contributed by atoms with Crippen molar-refractivity contribution in [1.29, 1.82) is 0 Å². The number of carbonyl (C=O) groups is 1. The minimum atomic E-state index is -0.0945. The zero-order valence-corrected chi connectivity index (χ0v) is 14.4. The Hall–Kier alpha value is -1.65. The van der Waals surface area contributed by atoms with Crippen LogP contribution in [0.4, 0.5) is 0 Å². The Kier molecular flexibility index (Phi) is 5.47. The van der Waals surface area contributed by atoms with Crippen LogP contribution in [0.5, 0.6) is 0 Å².